The number of carboxylic acid groups (broad SMARTS) is 1. The van der Waals surface area contributed by atoms with Gasteiger partial charge in [-0.15, -0.1) is 0 Å². The maximum absolute atomic E-state index is 11.8. The summed E-state index contributed by atoms with van der Waals surface area (Å²) in [6.07, 6.45) is 4.15. The Morgan fingerprint density at radius 1 is 1.29 bits per heavy atom. The minimum Gasteiger partial charge on any atom is -0.480 e. The Labute approximate surface area is 142 Å². The van der Waals surface area contributed by atoms with Gasteiger partial charge in [0.15, 0.2) is 0 Å². The predicted molar refractivity (Wildman–Crippen MR) is 88.6 cm³/mol. The van der Waals surface area contributed by atoms with Gasteiger partial charge in [0.1, 0.15) is 11.6 Å². The van der Waals surface area contributed by atoms with E-state index in [2.05, 4.69) is 10.3 Å². The van der Waals surface area contributed by atoms with Crippen LogP contribution in [0.4, 0.5) is 4.79 Å². The van der Waals surface area contributed by atoms with Crippen LogP contribution in [-0.2, 0) is 9.53 Å². The average molecular weight is 335 g/mol. The van der Waals surface area contributed by atoms with Gasteiger partial charge in [-0.3, -0.25) is 14.7 Å². The number of aromatic nitrogens is 1. The topological polar surface area (TPSA) is 91.8 Å². The molecule has 1 amide bonds. The molecule has 2 rings (SSSR count). The van der Waals surface area contributed by atoms with Crippen LogP contribution in [0.25, 0.3) is 0 Å². The van der Waals surface area contributed by atoms with E-state index in [1.165, 1.54) is 0 Å². The van der Waals surface area contributed by atoms with Gasteiger partial charge in [-0.1, -0.05) is 0 Å². The summed E-state index contributed by atoms with van der Waals surface area (Å²) in [5, 5.41) is 12.4. The Hall–Kier alpha value is -2.15. The summed E-state index contributed by atoms with van der Waals surface area (Å²) in [5.74, 6) is -0.875. The Morgan fingerprint density at radius 3 is 2.38 bits per heavy atom. The Bertz CT molecular complexity index is 563. The molecule has 1 aromatic heterocycles. The van der Waals surface area contributed by atoms with E-state index in [1.807, 2.05) is 25.7 Å². The standard InChI is InChI=1S/C17H25N3O4/c1-17(2,3)24-16(23)19-13-6-10-20(11-7-13)14(15(21)22)12-4-8-18-9-5-12/h4-5,8-9,13-14H,6-7,10-11H2,1-3H3,(H,19,23)(H,21,22)/t14-/m0/s1. The van der Waals surface area contributed by atoms with Gasteiger partial charge in [-0.25, -0.2) is 4.79 Å². The maximum atomic E-state index is 11.8. The third-order valence-electron chi connectivity index (χ3n) is 3.87. The van der Waals surface area contributed by atoms with Crippen LogP contribution in [0.5, 0.6) is 0 Å². The monoisotopic (exact) mass is 335 g/mol. The molecule has 0 unspecified atom stereocenters. The number of nitrogens with one attached hydrogen (secondary N) is 1. The van der Waals surface area contributed by atoms with E-state index in [-0.39, 0.29) is 6.04 Å². The molecule has 7 heteroatoms. The van der Waals surface area contributed by atoms with Gasteiger partial charge in [0.05, 0.1) is 0 Å². The smallest absolute Gasteiger partial charge is 0.407 e. The van der Waals surface area contributed by atoms with Crippen LogP contribution in [0.15, 0.2) is 24.5 Å². The molecular weight excluding hydrogens is 310 g/mol. The van der Waals surface area contributed by atoms with Crippen molar-refractivity contribution in [3.63, 3.8) is 0 Å². The highest BCUT2D eigenvalue weighted by atomic mass is 16.6. The van der Waals surface area contributed by atoms with Gasteiger partial charge in [-0.2, -0.15) is 0 Å². The summed E-state index contributed by atoms with van der Waals surface area (Å²) in [7, 11) is 0. The fourth-order valence-electron chi connectivity index (χ4n) is 2.83. The van der Waals surface area contributed by atoms with Crippen LogP contribution in [-0.4, -0.2) is 51.8 Å². The molecule has 1 aromatic rings. The first kappa shape index (κ1) is 18.2. The number of pyridine rings is 1. The molecule has 0 radical (unpaired) electrons. The van der Waals surface area contributed by atoms with Crippen molar-refractivity contribution >= 4 is 12.1 Å². The van der Waals surface area contributed by atoms with Gasteiger partial charge >= 0.3 is 12.1 Å². The Balaban J connectivity index is 1.91. The minimum absolute atomic E-state index is 0.00276. The molecule has 7 nitrogen and oxygen atoms in total. The Morgan fingerprint density at radius 2 is 1.88 bits per heavy atom. The van der Waals surface area contributed by atoms with Crippen LogP contribution in [0, 0.1) is 0 Å². The third-order valence-corrected chi connectivity index (χ3v) is 3.87. The van der Waals surface area contributed by atoms with Crippen molar-refractivity contribution in [2.24, 2.45) is 0 Å². The van der Waals surface area contributed by atoms with E-state index >= 15 is 0 Å². The number of aliphatic carboxylic acids is 1. The Kier molecular flexibility index (Phi) is 5.77. The molecule has 1 aliphatic heterocycles. The second-order valence-corrected chi connectivity index (χ2v) is 6.98. The number of hydrogen-bond donors (Lipinski definition) is 2. The molecule has 132 valence electrons. The number of likely N-dealkylation sites (tertiary alicyclic amines) is 1. The zero-order valence-electron chi connectivity index (χ0n) is 14.4. The molecule has 1 aliphatic rings. The van der Waals surface area contributed by atoms with Crippen molar-refractivity contribution in [1.82, 2.24) is 15.2 Å². The number of hydrogen-bond acceptors (Lipinski definition) is 5. The normalized spacial score (nSPS) is 18.0. The number of ether oxygens (including phenoxy) is 1. The SMILES string of the molecule is CC(C)(C)OC(=O)NC1CCN([C@H](C(=O)O)c2ccncc2)CC1. The van der Waals surface area contributed by atoms with Crippen molar-refractivity contribution in [2.75, 3.05) is 13.1 Å². The van der Waals surface area contributed by atoms with Crippen LogP contribution >= 0.6 is 0 Å². The highest BCUT2D eigenvalue weighted by Crippen LogP contribution is 2.25. The molecule has 1 saturated heterocycles. The first-order valence-electron chi connectivity index (χ1n) is 8.12. The van der Waals surface area contributed by atoms with Crippen LogP contribution in [0.2, 0.25) is 0 Å². The zero-order valence-corrected chi connectivity index (χ0v) is 14.4. The lowest BCUT2D eigenvalue weighted by Crippen LogP contribution is -2.48. The lowest BCUT2D eigenvalue weighted by Gasteiger charge is -2.36. The maximum Gasteiger partial charge on any atom is 0.407 e. The number of rotatable bonds is 4. The van der Waals surface area contributed by atoms with Crippen molar-refractivity contribution in [3.05, 3.63) is 30.1 Å². The number of alkyl carbamates (subject to hydrolysis) is 1. The van der Waals surface area contributed by atoms with Gasteiger partial charge in [-0.05, 0) is 51.3 Å². The van der Waals surface area contributed by atoms with Gasteiger partial charge in [0, 0.05) is 31.5 Å². The zero-order chi connectivity index (χ0) is 17.7. The van der Waals surface area contributed by atoms with Gasteiger partial charge in [0.2, 0.25) is 0 Å². The molecular formula is C17H25N3O4. The fraction of sp³-hybridized carbons (Fsp3) is 0.588. The van der Waals surface area contributed by atoms with Gasteiger partial charge < -0.3 is 15.2 Å². The minimum atomic E-state index is -0.875. The molecule has 0 aliphatic carbocycles. The van der Waals surface area contributed by atoms with Crippen molar-refractivity contribution in [1.29, 1.82) is 0 Å². The summed E-state index contributed by atoms with van der Waals surface area (Å²) in [6, 6.07) is 2.77. The lowest BCUT2D eigenvalue weighted by atomic mass is 10.00. The predicted octanol–water partition coefficient (Wildman–Crippen LogP) is 2.20. The summed E-state index contributed by atoms with van der Waals surface area (Å²) in [5.41, 5.74) is 0.191. The van der Waals surface area contributed by atoms with Crippen molar-refractivity contribution in [2.45, 2.75) is 51.3 Å². The lowest BCUT2D eigenvalue weighted by molar-refractivity contribution is -0.144. The average Bonchev–Trinajstić information content (AvgIpc) is 2.48. The molecule has 0 spiro atoms. The first-order valence-corrected chi connectivity index (χ1v) is 8.12. The van der Waals surface area contributed by atoms with E-state index in [4.69, 9.17) is 4.74 Å². The molecule has 1 fully saturated rings. The van der Waals surface area contributed by atoms with Crippen molar-refractivity contribution < 1.29 is 19.4 Å². The second-order valence-electron chi connectivity index (χ2n) is 6.98. The summed E-state index contributed by atoms with van der Waals surface area (Å²) in [6.45, 7) is 6.66. The number of carbonyl (C=O) groups excluding carboxylic acids is 1. The summed E-state index contributed by atoms with van der Waals surface area (Å²) in [4.78, 5) is 29.3. The number of carbonyl (C=O) groups is 2. The van der Waals surface area contributed by atoms with Gasteiger partial charge in [0.25, 0.3) is 0 Å². The van der Waals surface area contributed by atoms with E-state index in [1.54, 1.807) is 24.5 Å². The highest BCUT2D eigenvalue weighted by molar-refractivity contribution is 5.75. The largest absolute Gasteiger partial charge is 0.480 e. The summed E-state index contributed by atoms with van der Waals surface area (Å²) < 4.78 is 5.26. The summed E-state index contributed by atoms with van der Waals surface area (Å²) >= 11 is 0. The van der Waals surface area contributed by atoms with Crippen LogP contribution in [0.3, 0.4) is 0 Å². The quantitative estimate of drug-likeness (QED) is 0.876. The number of piperidine rings is 1. The molecule has 0 saturated carbocycles. The fourth-order valence-corrected chi connectivity index (χ4v) is 2.83. The molecule has 2 heterocycles. The first-order chi connectivity index (χ1) is 11.3. The molecule has 0 bridgehead atoms. The van der Waals surface area contributed by atoms with E-state index < -0.39 is 23.7 Å². The van der Waals surface area contributed by atoms with Crippen molar-refractivity contribution in [3.8, 4) is 0 Å². The molecule has 2 N–H and O–H groups in total. The van der Waals surface area contributed by atoms with E-state index in [0.717, 1.165) is 5.56 Å². The number of amides is 1. The van der Waals surface area contributed by atoms with Crippen LogP contribution in [0.1, 0.15) is 45.2 Å². The molecule has 1 atom stereocenters. The highest BCUT2D eigenvalue weighted by Gasteiger charge is 2.31. The second kappa shape index (κ2) is 7.61. The molecule has 0 aromatic carbocycles. The van der Waals surface area contributed by atoms with Crippen LogP contribution < -0.4 is 5.32 Å². The van der Waals surface area contributed by atoms with E-state index in [0.29, 0.717) is 25.9 Å². The van der Waals surface area contributed by atoms with E-state index in [9.17, 15) is 14.7 Å². The number of carboxylic acids is 1. The number of nitrogens with zero attached hydrogens (tertiary/aromatic N) is 2. The third kappa shape index (κ3) is 5.19. The molecule has 24 heavy (non-hydrogen) atoms.